The first-order chi connectivity index (χ1) is 4.88. The van der Waals surface area contributed by atoms with Crippen molar-refractivity contribution < 1.29 is 4.58 Å². The average molecular weight is 194 g/mol. The van der Waals surface area contributed by atoms with Crippen LogP contribution in [-0.2, 0) is 0 Å². The van der Waals surface area contributed by atoms with Crippen molar-refractivity contribution in [2.24, 2.45) is 0 Å². The molecule has 0 aromatic carbocycles. The number of hydrogen-bond acceptors (Lipinski definition) is 3. The molecule has 0 aromatic rings. The Hall–Kier alpha value is 0.720. The summed E-state index contributed by atoms with van der Waals surface area (Å²) in [5, 5.41) is 0.593. The normalized spacial score (nSPS) is 29.8. The topological polar surface area (TPSA) is 3.01 Å². The number of thiol groups is 2. The maximum Gasteiger partial charge on any atom is 0.207 e. The molecule has 58 valence electrons. The molecular formula is C6H12NS3+. The van der Waals surface area contributed by atoms with E-state index in [2.05, 4.69) is 36.0 Å². The van der Waals surface area contributed by atoms with Gasteiger partial charge < -0.3 is 0 Å². The van der Waals surface area contributed by atoms with Crippen LogP contribution in [0.4, 0.5) is 0 Å². The summed E-state index contributed by atoms with van der Waals surface area (Å²) >= 11 is 10.4. The number of nitrogens with zero attached hydrogens (tertiary/aromatic N) is 1. The van der Waals surface area contributed by atoms with Crippen molar-refractivity contribution in [1.29, 1.82) is 0 Å². The predicted molar refractivity (Wildman–Crippen MR) is 55.1 cm³/mol. The van der Waals surface area contributed by atoms with E-state index in [0.717, 1.165) is 18.1 Å². The van der Waals surface area contributed by atoms with Gasteiger partial charge in [-0.15, -0.1) is 0 Å². The number of rotatable bonds is 2. The van der Waals surface area contributed by atoms with Gasteiger partial charge in [-0.1, -0.05) is 11.8 Å². The molecule has 0 N–H and O–H groups in total. The highest BCUT2D eigenvalue weighted by Gasteiger charge is 2.25. The first kappa shape index (κ1) is 8.81. The lowest BCUT2D eigenvalue weighted by molar-refractivity contribution is -0.520. The van der Waals surface area contributed by atoms with Gasteiger partial charge in [0.15, 0.2) is 6.54 Å². The highest BCUT2D eigenvalue weighted by atomic mass is 32.2. The van der Waals surface area contributed by atoms with Crippen molar-refractivity contribution >= 4 is 43.2 Å². The zero-order valence-electron chi connectivity index (χ0n) is 5.73. The Balaban J connectivity index is 2.49. The van der Waals surface area contributed by atoms with Gasteiger partial charge in [0.2, 0.25) is 5.37 Å². The molecule has 0 aliphatic carbocycles. The molecule has 1 unspecified atom stereocenters. The Bertz CT molecular complexity index is 135. The number of hydrogen-bond donors (Lipinski definition) is 2. The Labute approximate surface area is 77.1 Å². The third kappa shape index (κ3) is 2.10. The lowest BCUT2D eigenvalue weighted by Crippen LogP contribution is -2.20. The molecule has 4 heteroatoms. The highest BCUT2D eigenvalue weighted by Crippen LogP contribution is 2.19. The molecule has 0 radical (unpaired) electrons. The van der Waals surface area contributed by atoms with Gasteiger partial charge in [-0.25, -0.2) is 4.58 Å². The van der Waals surface area contributed by atoms with E-state index in [1.54, 1.807) is 0 Å². The predicted octanol–water partition coefficient (Wildman–Crippen LogP) is 1.00. The van der Waals surface area contributed by atoms with Gasteiger partial charge in [0.1, 0.15) is 6.21 Å². The van der Waals surface area contributed by atoms with Gasteiger partial charge in [-0.2, -0.15) is 25.3 Å². The van der Waals surface area contributed by atoms with Crippen LogP contribution in [0.15, 0.2) is 0 Å². The molecule has 0 bridgehead atoms. The van der Waals surface area contributed by atoms with Crippen LogP contribution in [0.3, 0.4) is 0 Å². The van der Waals surface area contributed by atoms with E-state index >= 15 is 0 Å². The fraction of sp³-hybridized carbons (Fsp3) is 0.833. The molecule has 1 nitrogen and oxygen atoms in total. The maximum atomic E-state index is 4.26. The molecule has 1 heterocycles. The van der Waals surface area contributed by atoms with Gasteiger partial charge in [0, 0.05) is 0 Å². The average Bonchev–Trinajstić information content (AvgIpc) is 2.36. The molecule has 1 fully saturated rings. The molecule has 0 spiro atoms. The van der Waals surface area contributed by atoms with E-state index in [1.165, 1.54) is 5.75 Å². The smallest absolute Gasteiger partial charge is 0.207 e. The van der Waals surface area contributed by atoms with Crippen LogP contribution in [0.5, 0.6) is 0 Å². The van der Waals surface area contributed by atoms with E-state index in [4.69, 9.17) is 0 Å². The zero-order valence-corrected chi connectivity index (χ0v) is 8.34. The molecule has 1 aliphatic rings. The molecule has 1 rings (SSSR count). The van der Waals surface area contributed by atoms with Gasteiger partial charge in [-0.05, 0) is 0 Å². The van der Waals surface area contributed by atoms with Crippen molar-refractivity contribution in [3.63, 3.8) is 0 Å². The van der Waals surface area contributed by atoms with E-state index in [-0.39, 0.29) is 0 Å². The second-order valence-corrected chi connectivity index (χ2v) is 4.13. The second kappa shape index (κ2) is 4.57. The molecule has 10 heavy (non-hydrogen) atoms. The van der Waals surface area contributed by atoms with E-state index < -0.39 is 0 Å². The third-order valence-electron chi connectivity index (χ3n) is 1.50. The van der Waals surface area contributed by atoms with E-state index in [0.29, 0.717) is 5.37 Å². The molecule has 0 saturated carbocycles. The molecule has 1 aliphatic heterocycles. The van der Waals surface area contributed by atoms with Crippen molar-refractivity contribution in [3.05, 3.63) is 0 Å². The van der Waals surface area contributed by atoms with Crippen LogP contribution < -0.4 is 0 Å². The van der Waals surface area contributed by atoms with Crippen molar-refractivity contribution in [2.45, 2.75) is 5.37 Å². The standard InChI is InChI=1S/C6H11NS3/c8-3-1-7-2-4-10-6(7)5-9/h1,6H,2-5H2,(H-,8,9)/p+1/b7-1+. The highest BCUT2D eigenvalue weighted by molar-refractivity contribution is 8.00. The summed E-state index contributed by atoms with van der Waals surface area (Å²) in [4.78, 5) is 0. The summed E-state index contributed by atoms with van der Waals surface area (Å²) in [6.07, 6.45) is 2.14. The van der Waals surface area contributed by atoms with Crippen LogP contribution in [0.1, 0.15) is 0 Å². The van der Waals surface area contributed by atoms with Crippen LogP contribution >= 0.6 is 37.0 Å². The number of thioether (sulfide) groups is 1. The summed E-state index contributed by atoms with van der Waals surface area (Å²) in [5.74, 6) is 3.01. The lowest BCUT2D eigenvalue weighted by atomic mass is 10.6. The minimum Gasteiger partial charge on any atom is -0.225 e. The minimum atomic E-state index is 0.593. The lowest BCUT2D eigenvalue weighted by Gasteiger charge is -2.00. The molecule has 0 amide bonds. The Morgan fingerprint density at radius 2 is 2.40 bits per heavy atom. The molecular weight excluding hydrogens is 182 g/mol. The molecule has 1 saturated heterocycles. The summed E-state index contributed by atoms with van der Waals surface area (Å²) < 4.78 is 2.32. The maximum absolute atomic E-state index is 4.26. The van der Waals surface area contributed by atoms with Gasteiger partial charge in [0.05, 0.1) is 17.3 Å². The van der Waals surface area contributed by atoms with Crippen LogP contribution in [0, 0.1) is 0 Å². The summed E-state index contributed by atoms with van der Waals surface area (Å²) in [6.45, 7) is 1.16. The third-order valence-corrected chi connectivity index (χ3v) is 3.50. The fourth-order valence-electron chi connectivity index (χ4n) is 1.01. The van der Waals surface area contributed by atoms with Crippen molar-refractivity contribution in [2.75, 3.05) is 23.8 Å². The van der Waals surface area contributed by atoms with Crippen molar-refractivity contribution in [3.8, 4) is 0 Å². The first-order valence-electron chi connectivity index (χ1n) is 3.31. The Morgan fingerprint density at radius 3 is 3.00 bits per heavy atom. The van der Waals surface area contributed by atoms with Gasteiger partial charge >= 0.3 is 0 Å². The summed E-state index contributed by atoms with van der Waals surface area (Å²) in [5.41, 5.74) is 0. The van der Waals surface area contributed by atoms with E-state index in [1.807, 2.05) is 11.8 Å². The van der Waals surface area contributed by atoms with Crippen LogP contribution in [-0.4, -0.2) is 40.0 Å². The fourth-order valence-corrected chi connectivity index (χ4v) is 2.82. The summed E-state index contributed by atoms with van der Waals surface area (Å²) in [6, 6.07) is 0. The van der Waals surface area contributed by atoms with Crippen LogP contribution in [0.2, 0.25) is 0 Å². The van der Waals surface area contributed by atoms with Crippen LogP contribution in [0.25, 0.3) is 0 Å². The monoisotopic (exact) mass is 194 g/mol. The van der Waals surface area contributed by atoms with Gasteiger partial charge in [0.25, 0.3) is 0 Å². The van der Waals surface area contributed by atoms with Crippen molar-refractivity contribution in [1.82, 2.24) is 0 Å². The first-order valence-corrected chi connectivity index (χ1v) is 5.62. The minimum absolute atomic E-state index is 0.593. The molecule has 0 aromatic heterocycles. The summed E-state index contributed by atoms with van der Waals surface area (Å²) in [7, 11) is 0. The Morgan fingerprint density at radius 1 is 1.60 bits per heavy atom. The van der Waals surface area contributed by atoms with E-state index in [9.17, 15) is 0 Å². The zero-order chi connectivity index (χ0) is 7.40. The van der Waals surface area contributed by atoms with Gasteiger partial charge in [-0.3, -0.25) is 0 Å². The SMILES string of the molecule is SC/C=[N+]1\CCSC1CS. The largest absolute Gasteiger partial charge is 0.225 e. The molecule has 1 atom stereocenters. The second-order valence-electron chi connectivity index (χ2n) is 2.11. The Kier molecular flexibility index (Phi) is 4.03. The quantitative estimate of drug-likeness (QED) is 0.490.